The first-order valence-electron chi connectivity index (χ1n) is 9.76. The van der Waals surface area contributed by atoms with Gasteiger partial charge in [0, 0.05) is 28.7 Å². The van der Waals surface area contributed by atoms with Gasteiger partial charge in [0.1, 0.15) is 0 Å². The van der Waals surface area contributed by atoms with Crippen LogP contribution in [0.3, 0.4) is 0 Å². The Morgan fingerprint density at radius 3 is 2.23 bits per heavy atom. The zero-order valence-electron chi connectivity index (χ0n) is 17.0. The van der Waals surface area contributed by atoms with E-state index >= 15 is 0 Å². The highest BCUT2D eigenvalue weighted by Crippen LogP contribution is 2.23. The number of anilines is 2. The number of benzene rings is 3. The van der Waals surface area contributed by atoms with Crippen LogP contribution in [0, 0.1) is 0 Å². The molecule has 0 saturated carbocycles. The molecule has 0 heterocycles. The molecule has 0 radical (unpaired) electrons. The van der Waals surface area contributed by atoms with Crippen LogP contribution in [0.2, 0.25) is 0 Å². The summed E-state index contributed by atoms with van der Waals surface area (Å²) < 4.78 is 4.92. The van der Waals surface area contributed by atoms with E-state index in [0.717, 1.165) is 10.8 Å². The summed E-state index contributed by atoms with van der Waals surface area (Å²) in [6.07, 6.45) is -0.201. The van der Waals surface area contributed by atoms with E-state index in [0.29, 0.717) is 16.9 Å². The van der Waals surface area contributed by atoms with E-state index in [1.165, 1.54) is 6.92 Å². The van der Waals surface area contributed by atoms with Gasteiger partial charge in [-0.05, 0) is 42.6 Å². The average Bonchev–Trinajstić information content (AvgIpc) is 2.77. The molecule has 0 aliphatic carbocycles. The first kappa shape index (κ1) is 21.7. The monoisotopic (exact) mass is 418 g/mol. The second-order valence-corrected chi connectivity index (χ2v) is 6.92. The summed E-state index contributed by atoms with van der Waals surface area (Å²) in [6, 6.07) is 19.6. The normalized spacial score (nSPS) is 10.4. The molecule has 0 spiro atoms. The van der Waals surface area contributed by atoms with Crippen LogP contribution in [0.5, 0.6) is 0 Å². The molecule has 31 heavy (non-hydrogen) atoms. The van der Waals surface area contributed by atoms with Crippen molar-refractivity contribution in [3.8, 4) is 0 Å². The Bertz CT molecular complexity index is 1120. The van der Waals surface area contributed by atoms with Crippen LogP contribution in [-0.2, 0) is 19.1 Å². The first-order chi connectivity index (χ1) is 14.9. The number of Topliss-reactive ketones (excluding diaryl/α,β-unsaturated/α-hetero) is 1. The molecule has 2 amide bonds. The number of amides is 2. The van der Waals surface area contributed by atoms with Gasteiger partial charge in [-0.15, -0.1) is 0 Å². The van der Waals surface area contributed by atoms with Crippen molar-refractivity contribution in [3.63, 3.8) is 0 Å². The van der Waals surface area contributed by atoms with Crippen LogP contribution < -0.4 is 10.6 Å². The highest BCUT2D eigenvalue weighted by atomic mass is 16.5. The van der Waals surface area contributed by atoms with E-state index in [2.05, 4.69) is 10.6 Å². The number of ether oxygens (including phenoxy) is 1. The first-order valence-corrected chi connectivity index (χ1v) is 9.76. The number of hydrogen-bond donors (Lipinski definition) is 2. The van der Waals surface area contributed by atoms with Gasteiger partial charge in [-0.25, -0.2) is 0 Å². The molecule has 158 valence electrons. The van der Waals surface area contributed by atoms with Gasteiger partial charge >= 0.3 is 5.97 Å². The van der Waals surface area contributed by atoms with Crippen LogP contribution in [0.25, 0.3) is 10.8 Å². The summed E-state index contributed by atoms with van der Waals surface area (Å²) in [7, 11) is 0. The van der Waals surface area contributed by atoms with Crippen LogP contribution >= 0.6 is 0 Å². The molecule has 0 bridgehead atoms. The minimum absolute atomic E-state index is 0.0593. The molecule has 0 saturated heterocycles. The SMILES string of the molecule is CC(=O)c1ccc(NC(=O)COC(=O)CCC(=O)Nc2cccc3ccccc23)cc1. The number of esters is 1. The number of rotatable bonds is 8. The fourth-order valence-electron chi connectivity index (χ4n) is 2.97. The van der Waals surface area contributed by atoms with E-state index in [4.69, 9.17) is 4.74 Å². The molecule has 0 unspecified atom stereocenters. The summed E-state index contributed by atoms with van der Waals surface area (Å²) in [5.74, 6) is -1.54. The van der Waals surface area contributed by atoms with E-state index < -0.39 is 18.5 Å². The van der Waals surface area contributed by atoms with Crippen molar-refractivity contribution >= 4 is 45.7 Å². The predicted octanol–water partition coefficient (Wildman–Crippen LogP) is 3.94. The molecule has 0 aliphatic heterocycles. The summed E-state index contributed by atoms with van der Waals surface area (Å²) in [4.78, 5) is 47.2. The van der Waals surface area contributed by atoms with Crippen LogP contribution in [0.15, 0.2) is 66.7 Å². The molecule has 7 nitrogen and oxygen atoms in total. The van der Waals surface area contributed by atoms with Crippen molar-refractivity contribution in [2.24, 2.45) is 0 Å². The van der Waals surface area contributed by atoms with Gasteiger partial charge in [0.25, 0.3) is 5.91 Å². The van der Waals surface area contributed by atoms with Crippen LogP contribution in [0.1, 0.15) is 30.1 Å². The van der Waals surface area contributed by atoms with Crippen LogP contribution in [0.4, 0.5) is 11.4 Å². The topological polar surface area (TPSA) is 102 Å². The van der Waals surface area contributed by atoms with Crippen molar-refractivity contribution < 1.29 is 23.9 Å². The lowest BCUT2D eigenvalue weighted by molar-refractivity contribution is -0.147. The van der Waals surface area contributed by atoms with Gasteiger partial charge in [-0.3, -0.25) is 19.2 Å². The zero-order valence-corrected chi connectivity index (χ0v) is 17.0. The predicted molar refractivity (Wildman–Crippen MR) is 118 cm³/mol. The third kappa shape index (κ3) is 6.24. The second kappa shape index (κ2) is 10.2. The van der Waals surface area contributed by atoms with Crippen LogP contribution in [-0.4, -0.2) is 30.2 Å². The number of nitrogens with one attached hydrogen (secondary N) is 2. The highest BCUT2D eigenvalue weighted by molar-refractivity contribution is 6.02. The summed E-state index contributed by atoms with van der Waals surface area (Å²) in [5.41, 5.74) is 1.69. The van der Waals surface area contributed by atoms with Crippen molar-refractivity contribution in [2.75, 3.05) is 17.2 Å². The minimum atomic E-state index is -0.643. The van der Waals surface area contributed by atoms with Gasteiger partial charge < -0.3 is 15.4 Å². The standard InChI is InChI=1S/C24H22N2O5/c1-16(27)17-9-11-19(12-10-17)25-23(29)15-31-24(30)14-13-22(28)26-21-8-4-6-18-5-2-3-7-20(18)21/h2-12H,13-15H2,1H3,(H,25,29)(H,26,28). The Morgan fingerprint density at radius 2 is 1.48 bits per heavy atom. The zero-order chi connectivity index (χ0) is 22.2. The molecule has 7 heteroatoms. The van der Waals surface area contributed by atoms with E-state index in [9.17, 15) is 19.2 Å². The van der Waals surface area contributed by atoms with E-state index in [-0.39, 0.29) is 24.5 Å². The molecule has 0 fully saturated rings. The fourth-order valence-corrected chi connectivity index (χ4v) is 2.97. The molecular formula is C24H22N2O5. The number of ketones is 1. The molecule has 3 rings (SSSR count). The molecule has 2 N–H and O–H groups in total. The lowest BCUT2D eigenvalue weighted by Crippen LogP contribution is -2.21. The largest absolute Gasteiger partial charge is 0.456 e. The maximum Gasteiger partial charge on any atom is 0.306 e. The van der Waals surface area contributed by atoms with Crippen molar-refractivity contribution in [3.05, 3.63) is 72.3 Å². The quantitative estimate of drug-likeness (QED) is 0.426. The minimum Gasteiger partial charge on any atom is -0.456 e. The average molecular weight is 418 g/mol. The smallest absolute Gasteiger partial charge is 0.306 e. The van der Waals surface area contributed by atoms with Crippen molar-refractivity contribution in [1.82, 2.24) is 0 Å². The number of carbonyl (C=O) groups is 4. The Labute approximate surface area is 179 Å². The second-order valence-electron chi connectivity index (χ2n) is 6.92. The van der Waals surface area contributed by atoms with Crippen molar-refractivity contribution in [1.29, 1.82) is 0 Å². The third-order valence-corrected chi connectivity index (χ3v) is 4.56. The van der Waals surface area contributed by atoms with E-state index in [1.54, 1.807) is 30.3 Å². The Kier molecular flexibility index (Phi) is 7.11. The van der Waals surface area contributed by atoms with Gasteiger partial charge in [-0.2, -0.15) is 0 Å². The number of fused-ring (bicyclic) bond motifs is 1. The lowest BCUT2D eigenvalue weighted by Gasteiger charge is -2.09. The molecule has 3 aromatic carbocycles. The van der Waals surface area contributed by atoms with Gasteiger partial charge in [0.2, 0.25) is 5.91 Å². The highest BCUT2D eigenvalue weighted by Gasteiger charge is 2.12. The third-order valence-electron chi connectivity index (χ3n) is 4.56. The van der Waals surface area contributed by atoms with E-state index in [1.807, 2.05) is 36.4 Å². The summed E-state index contributed by atoms with van der Waals surface area (Å²) >= 11 is 0. The Morgan fingerprint density at radius 1 is 0.774 bits per heavy atom. The van der Waals surface area contributed by atoms with Gasteiger partial charge in [0.05, 0.1) is 6.42 Å². The maximum absolute atomic E-state index is 12.2. The fraction of sp³-hybridized carbons (Fsp3) is 0.167. The Hall–Kier alpha value is -4.00. The maximum atomic E-state index is 12.2. The summed E-state index contributed by atoms with van der Waals surface area (Å²) in [6.45, 7) is 0.994. The number of hydrogen-bond acceptors (Lipinski definition) is 5. The molecule has 0 atom stereocenters. The molecule has 0 aliphatic rings. The molecule has 0 aromatic heterocycles. The van der Waals surface area contributed by atoms with Gasteiger partial charge in [-0.1, -0.05) is 36.4 Å². The molecule has 3 aromatic rings. The summed E-state index contributed by atoms with van der Waals surface area (Å²) in [5, 5.41) is 7.28. The molecular weight excluding hydrogens is 396 g/mol. The number of carbonyl (C=O) groups excluding carboxylic acids is 4. The Balaban J connectivity index is 1.41. The lowest BCUT2D eigenvalue weighted by atomic mass is 10.1. The van der Waals surface area contributed by atoms with Crippen molar-refractivity contribution in [2.45, 2.75) is 19.8 Å². The van der Waals surface area contributed by atoms with Gasteiger partial charge in [0.15, 0.2) is 12.4 Å².